The summed E-state index contributed by atoms with van der Waals surface area (Å²) in [6, 6.07) is 1.57. The van der Waals surface area contributed by atoms with Gasteiger partial charge in [-0.25, -0.2) is 0 Å². The summed E-state index contributed by atoms with van der Waals surface area (Å²) in [6.45, 7) is 15.2. The first-order chi connectivity index (χ1) is 8.56. The largest absolute Gasteiger partial charge is 0.316 e. The van der Waals surface area contributed by atoms with Gasteiger partial charge in [0.25, 0.3) is 0 Å². The third-order valence-electron chi connectivity index (χ3n) is 4.52. The number of rotatable bonds is 8. The second kappa shape index (κ2) is 8.16. The van der Waals surface area contributed by atoms with Crippen molar-refractivity contribution in [2.24, 2.45) is 11.8 Å². The number of nitrogens with one attached hydrogen (secondary N) is 1. The highest BCUT2D eigenvalue weighted by molar-refractivity contribution is 4.83. The third-order valence-corrected chi connectivity index (χ3v) is 4.52. The minimum atomic E-state index is 0.706. The lowest BCUT2D eigenvalue weighted by Gasteiger charge is -2.37. The van der Waals surface area contributed by atoms with E-state index >= 15 is 0 Å². The van der Waals surface area contributed by atoms with Crippen LogP contribution in [0.15, 0.2) is 0 Å². The Balaban J connectivity index is 2.36. The van der Waals surface area contributed by atoms with Gasteiger partial charge in [0.2, 0.25) is 0 Å². The molecule has 0 aromatic heterocycles. The summed E-state index contributed by atoms with van der Waals surface area (Å²) >= 11 is 0. The van der Waals surface area contributed by atoms with Crippen LogP contribution in [0.1, 0.15) is 60.3 Å². The van der Waals surface area contributed by atoms with Crippen molar-refractivity contribution in [3.05, 3.63) is 0 Å². The Bertz CT molecular complexity index is 209. The monoisotopic (exact) mass is 254 g/mol. The average molecular weight is 254 g/mol. The van der Waals surface area contributed by atoms with Crippen LogP contribution in [0.2, 0.25) is 0 Å². The smallest absolute Gasteiger partial charge is 0.0107 e. The topological polar surface area (TPSA) is 15.3 Å². The highest BCUT2D eigenvalue weighted by atomic mass is 15.2. The van der Waals surface area contributed by atoms with E-state index in [2.05, 4.69) is 44.8 Å². The molecule has 1 aliphatic rings. The fraction of sp³-hybridized carbons (Fsp3) is 1.00. The van der Waals surface area contributed by atoms with Gasteiger partial charge in [-0.15, -0.1) is 0 Å². The minimum Gasteiger partial charge on any atom is -0.316 e. The molecule has 0 spiro atoms. The second-order valence-corrected chi connectivity index (χ2v) is 6.54. The normalized spacial score (nSPS) is 20.8. The number of hydrogen-bond acceptors (Lipinski definition) is 2. The molecule has 108 valence electrons. The Morgan fingerprint density at radius 3 is 2.17 bits per heavy atom. The molecule has 0 radical (unpaired) electrons. The molecule has 2 heteroatoms. The summed E-state index contributed by atoms with van der Waals surface area (Å²) in [5.41, 5.74) is 0. The van der Waals surface area contributed by atoms with Gasteiger partial charge >= 0.3 is 0 Å². The van der Waals surface area contributed by atoms with Gasteiger partial charge in [-0.2, -0.15) is 0 Å². The molecule has 0 aromatic rings. The molecule has 2 nitrogen and oxygen atoms in total. The van der Waals surface area contributed by atoms with E-state index in [4.69, 9.17) is 0 Å². The van der Waals surface area contributed by atoms with Crippen molar-refractivity contribution in [1.82, 2.24) is 10.2 Å². The summed E-state index contributed by atoms with van der Waals surface area (Å²) in [4.78, 5) is 2.74. The highest BCUT2D eigenvalue weighted by Crippen LogP contribution is 2.26. The molecule has 1 rings (SSSR count). The number of hydrogen-bond donors (Lipinski definition) is 1. The van der Waals surface area contributed by atoms with Crippen LogP contribution >= 0.6 is 0 Å². The third kappa shape index (κ3) is 4.89. The van der Waals surface area contributed by atoms with E-state index in [-0.39, 0.29) is 0 Å². The zero-order valence-electron chi connectivity index (χ0n) is 13.2. The van der Waals surface area contributed by atoms with Crippen LogP contribution in [0, 0.1) is 11.8 Å². The van der Waals surface area contributed by atoms with Crippen LogP contribution < -0.4 is 5.32 Å². The molecule has 1 saturated carbocycles. The zero-order valence-corrected chi connectivity index (χ0v) is 13.2. The summed E-state index contributed by atoms with van der Waals surface area (Å²) in [7, 11) is 0. The molecule has 2 unspecified atom stereocenters. The summed E-state index contributed by atoms with van der Waals surface area (Å²) in [5, 5.41) is 3.61. The zero-order chi connectivity index (χ0) is 13.5. The maximum Gasteiger partial charge on any atom is 0.0107 e. The van der Waals surface area contributed by atoms with Crippen molar-refractivity contribution in [2.75, 3.05) is 19.6 Å². The Morgan fingerprint density at radius 1 is 1.06 bits per heavy atom. The first kappa shape index (κ1) is 16.0. The van der Waals surface area contributed by atoms with E-state index in [1.807, 2.05) is 0 Å². The lowest BCUT2D eigenvalue weighted by atomic mass is 9.99. The molecule has 0 bridgehead atoms. The molecular weight excluding hydrogens is 220 g/mol. The van der Waals surface area contributed by atoms with E-state index in [0.29, 0.717) is 6.04 Å². The van der Waals surface area contributed by atoms with Gasteiger partial charge in [0.1, 0.15) is 0 Å². The van der Waals surface area contributed by atoms with Gasteiger partial charge < -0.3 is 5.32 Å². The minimum absolute atomic E-state index is 0.706. The molecular formula is C16H34N2. The van der Waals surface area contributed by atoms with E-state index in [1.54, 1.807) is 0 Å². The fourth-order valence-electron chi connectivity index (χ4n) is 3.21. The Labute approximate surface area is 115 Å². The highest BCUT2D eigenvalue weighted by Gasteiger charge is 2.27. The van der Waals surface area contributed by atoms with Crippen LogP contribution in [0.5, 0.6) is 0 Å². The van der Waals surface area contributed by atoms with Gasteiger partial charge in [-0.1, -0.05) is 40.5 Å². The van der Waals surface area contributed by atoms with Crippen molar-refractivity contribution in [3.8, 4) is 0 Å². The Kier molecular flexibility index (Phi) is 7.25. The lowest BCUT2D eigenvalue weighted by Crippen LogP contribution is -2.46. The van der Waals surface area contributed by atoms with Crippen LogP contribution in [0.3, 0.4) is 0 Å². The van der Waals surface area contributed by atoms with Crippen molar-refractivity contribution < 1.29 is 0 Å². The summed E-state index contributed by atoms with van der Waals surface area (Å²) < 4.78 is 0. The Hall–Kier alpha value is -0.0800. The molecule has 0 amide bonds. The molecule has 0 saturated heterocycles. The standard InChI is InChI=1S/C16H34N2/c1-6-18(16-9-7-8-10-16)15(5)14(4)12-17-11-13(2)3/h13-17H,6-12H2,1-5H3. The van der Waals surface area contributed by atoms with Crippen LogP contribution in [-0.4, -0.2) is 36.6 Å². The fourth-order valence-corrected chi connectivity index (χ4v) is 3.21. The van der Waals surface area contributed by atoms with E-state index in [0.717, 1.165) is 31.0 Å². The van der Waals surface area contributed by atoms with Gasteiger partial charge in [0.15, 0.2) is 0 Å². The van der Waals surface area contributed by atoms with E-state index in [9.17, 15) is 0 Å². The SMILES string of the molecule is CCN(C1CCCC1)C(C)C(C)CNCC(C)C. The molecule has 0 heterocycles. The molecule has 2 atom stereocenters. The van der Waals surface area contributed by atoms with Crippen LogP contribution in [-0.2, 0) is 0 Å². The molecule has 18 heavy (non-hydrogen) atoms. The van der Waals surface area contributed by atoms with Crippen molar-refractivity contribution in [2.45, 2.75) is 72.4 Å². The number of nitrogens with zero attached hydrogens (tertiary/aromatic N) is 1. The molecule has 0 aliphatic heterocycles. The molecule has 0 aromatic carbocycles. The lowest BCUT2D eigenvalue weighted by molar-refractivity contribution is 0.115. The van der Waals surface area contributed by atoms with Gasteiger partial charge in [-0.3, -0.25) is 4.90 Å². The van der Waals surface area contributed by atoms with Gasteiger partial charge in [-0.05, 0) is 51.2 Å². The van der Waals surface area contributed by atoms with E-state index in [1.165, 1.54) is 32.2 Å². The van der Waals surface area contributed by atoms with Crippen LogP contribution in [0.4, 0.5) is 0 Å². The van der Waals surface area contributed by atoms with Crippen molar-refractivity contribution in [3.63, 3.8) is 0 Å². The molecule has 1 aliphatic carbocycles. The summed E-state index contributed by atoms with van der Waals surface area (Å²) in [6.07, 6.45) is 5.72. The van der Waals surface area contributed by atoms with Gasteiger partial charge in [0.05, 0.1) is 0 Å². The average Bonchev–Trinajstić information content (AvgIpc) is 2.83. The maximum absolute atomic E-state index is 3.61. The first-order valence-electron chi connectivity index (χ1n) is 8.02. The predicted molar refractivity (Wildman–Crippen MR) is 81.0 cm³/mol. The predicted octanol–water partition coefficient (Wildman–Crippen LogP) is 3.52. The molecule has 1 fully saturated rings. The van der Waals surface area contributed by atoms with Crippen molar-refractivity contribution >= 4 is 0 Å². The van der Waals surface area contributed by atoms with E-state index < -0.39 is 0 Å². The molecule has 1 N–H and O–H groups in total. The first-order valence-corrected chi connectivity index (χ1v) is 8.02. The van der Waals surface area contributed by atoms with Crippen molar-refractivity contribution in [1.29, 1.82) is 0 Å². The van der Waals surface area contributed by atoms with Crippen LogP contribution in [0.25, 0.3) is 0 Å². The quantitative estimate of drug-likeness (QED) is 0.713. The Morgan fingerprint density at radius 2 is 1.67 bits per heavy atom. The maximum atomic E-state index is 3.61. The second-order valence-electron chi connectivity index (χ2n) is 6.54. The van der Waals surface area contributed by atoms with Gasteiger partial charge in [0, 0.05) is 12.1 Å². The summed E-state index contributed by atoms with van der Waals surface area (Å²) in [5.74, 6) is 1.49.